The predicted molar refractivity (Wildman–Crippen MR) is 123 cm³/mol. The van der Waals surface area contributed by atoms with Gasteiger partial charge in [0.15, 0.2) is 0 Å². The fourth-order valence-electron chi connectivity index (χ4n) is 3.19. The molecular weight excluding hydrogens is 440 g/mol. The SMILES string of the molecule is CCCN(Cc1nc2cc(Cl)ccc2c(=O)[nH]1)C(=O)c1sc(-c2ccsc2)nc1C. The van der Waals surface area contributed by atoms with Crippen LogP contribution in [0.4, 0.5) is 0 Å². The number of nitrogens with one attached hydrogen (secondary N) is 1. The molecule has 0 spiro atoms. The van der Waals surface area contributed by atoms with E-state index in [0.717, 1.165) is 17.0 Å². The molecule has 4 rings (SSSR count). The number of amides is 1. The number of carbonyl (C=O) groups excluding carboxylic acids is 1. The minimum Gasteiger partial charge on any atom is -0.330 e. The number of carbonyl (C=O) groups is 1. The number of nitrogens with zero attached hydrogens (tertiary/aromatic N) is 3. The summed E-state index contributed by atoms with van der Waals surface area (Å²) < 4.78 is 0. The normalized spacial score (nSPS) is 11.2. The number of aromatic amines is 1. The highest BCUT2D eigenvalue weighted by Gasteiger charge is 2.23. The molecule has 0 aliphatic heterocycles. The van der Waals surface area contributed by atoms with E-state index in [1.807, 2.05) is 30.7 Å². The van der Waals surface area contributed by atoms with Crippen LogP contribution in [0.15, 0.2) is 39.8 Å². The molecule has 0 fully saturated rings. The van der Waals surface area contributed by atoms with Crippen LogP contribution < -0.4 is 5.56 Å². The smallest absolute Gasteiger partial charge is 0.266 e. The monoisotopic (exact) mass is 458 g/mol. The van der Waals surface area contributed by atoms with Crippen molar-refractivity contribution in [3.63, 3.8) is 0 Å². The summed E-state index contributed by atoms with van der Waals surface area (Å²) in [5, 5.41) is 5.82. The summed E-state index contributed by atoms with van der Waals surface area (Å²) in [6, 6.07) is 6.96. The van der Waals surface area contributed by atoms with Gasteiger partial charge in [0.2, 0.25) is 0 Å². The van der Waals surface area contributed by atoms with E-state index in [2.05, 4.69) is 15.0 Å². The maximum atomic E-state index is 13.3. The van der Waals surface area contributed by atoms with Crippen LogP contribution in [0.25, 0.3) is 21.5 Å². The number of rotatable bonds is 6. The second-order valence-electron chi connectivity index (χ2n) is 6.85. The number of aryl methyl sites for hydroxylation is 1. The molecule has 0 saturated heterocycles. The Morgan fingerprint density at radius 1 is 1.27 bits per heavy atom. The Kier molecular flexibility index (Phi) is 5.99. The van der Waals surface area contributed by atoms with Gasteiger partial charge in [0.05, 0.1) is 23.1 Å². The lowest BCUT2D eigenvalue weighted by Crippen LogP contribution is -2.32. The van der Waals surface area contributed by atoms with Crippen LogP contribution in [0.5, 0.6) is 0 Å². The summed E-state index contributed by atoms with van der Waals surface area (Å²) in [5.74, 6) is 0.318. The Balaban J connectivity index is 1.65. The van der Waals surface area contributed by atoms with E-state index < -0.39 is 0 Å². The molecule has 1 N–H and O–H groups in total. The molecule has 0 unspecified atom stereocenters. The molecule has 3 aromatic heterocycles. The van der Waals surface area contributed by atoms with Crippen molar-refractivity contribution in [2.75, 3.05) is 6.54 Å². The maximum Gasteiger partial charge on any atom is 0.266 e. The van der Waals surface area contributed by atoms with Crippen LogP contribution in [-0.4, -0.2) is 32.3 Å². The van der Waals surface area contributed by atoms with Gasteiger partial charge in [-0.1, -0.05) is 18.5 Å². The molecule has 0 saturated carbocycles. The van der Waals surface area contributed by atoms with E-state index >= 15 is 0 Å². The van der Waals surface area contributed by atoms with Crippen molar-refractivity contribution >= 4 is 51.1 Å². The molecule has 0 aliphatic carbocycles. The minimum absolute atomic E-state index is 0.109. The Morgan fingerprint density at radius 2 is 2.10 bits per heavy atom. The molecule has 9 heteroatoms. The van der Waals surface area contributed by atoms with Crippen LogP contribution >= 0.6 is 34.3 Å². The van der Waals surface area contributed by atoms with Crippen molar-refractivity contribution in [2.45, 2.75) is 26.8 Å². The van der Waals surface area contributed by atoms with E-state index in [-0.39, 0.29) is 18.0 Å². The molecule has 3 heterocycles. The highest BCUT2D eigenvalue weighted by Crippen LogP contribution is 2.30. The summed E-state index contributed by atoms with van der Waals surface area (Å²) in [6.07, 6.45) is 0.782. The zero-order chi connectivity index (χ0) is 21.3. The first-order valence-electron chi connectivity index (χ1n) is 9.44. The van der Waals surface area contributed by atoms with Crippen LogP contribution in [0.3, 0.4) is 0 Å². The number of halogens is 1. The average molecular weight is 459 g/mol. The first kappa shape index (κ1) is 20.7. The number of H-pyrrole nitrogens is 1. The van der Waals surface area contributed by atoms with Gasteiger partial charge in [-0.15, -0.1) is 11.3 Å². The second-order valence-corrected chi connectivity index (χ2v) is 9.06. The van der Waals surface area contributed by atoms with Gasteiger partial charge in [0.1, 0.15) is 15.7 Å². The molecule has 0 radical (unpaired) electrons. The van der Waals surface area contributed by atoms with Crippen LogP contribution in [0.1, 0.15) is 34.5 Å². The third-order valence-electron chi connectivity index (χ3n) is 4.60. The van der Waals surface area contributed by atoms with E-state index in [0.29, 0.717) is 38.9 Å². The molecule has 6 nitrogen and oxygen atoms in total. The van der Waals surface area contributed by atoms with Gasteiger partial charge in [-0.3, -0.25) is 9.59 Å². The Hall–Kier alpha value is -2.55. The summed E-state index contributed by atoms with van der Waals surface area (Å²) in [6.45, 7) is 4.60. The van der Waals surface area contributed by atoms with Crippen LogP contribution in [-0.2, 0) is 6.54 Å². The van der Waals surface area contributed by atoms with Gasteiger partial charge < -0.3 is 9.88 Å². The highest BCUT2D eigenvalue weighted by atomic mass is 35.5. The third kappa shape index (κ3) is 4.16. The molecule has 30 heavy (non-hydrogen) atoms. The largest absolute Gasteiger partial charge is 0.330 e. The van der Waals surface area contributed by atoms with Crippen molar-refractivity contribution in [1.82, 2.24) is 19.9 Å². The number of fused-ring (bicyclic) bond motifs is 1. The third-order valence-corrected chi connectivity index (χ3v) is 6.71. The summed E-state index contributed by atoms with van der Waals surface area (Å²) >= 11 is 9.04. The molecule has 1 aromatic carbocycles. The lowest BCUT2D eigenvalue weighted by molar-refractivity contribution is 0.0743. The first-order valence-corrected chi connectivity index (χ1v) is 11.6. The fraction of sp³-hybridized carbons (Fsp3) is 0.238. The van der Waals surface area contributed by atoms with E-state index in [1.165, 1.54) is 11.3 Å². The van der Waals surface area contributed by atoms with Crippen molar-refractivity contribution in [1.29, 1.82) is 0 Å². The summed E-state index contributed by atoms with van der Waals surface area (Å²) in [4.78, 5) is 39.9. The van der Waals surface area contributed by atoms with Gasteiger partial charge in [-0.25, -0.2) is 9.97 Å². The van der Waals surface area contributed by atoms with E-state index in [4.69, 9.17) is 11.6 Å². The highest BCUT2D eigenvalue weighted by molar-refractivity contribution is 7.17. The number of thiophene rings is 1. The number of aromatic nitrogens is 3. The Morgan fingerprint density at radius 3 is 2.83 bits per heavy atom. The number of benzene rings is 1. The van der Waals surface area contributed by atoms with Crippen LogP contribution in [0, 0.1) is 6.92 Å². The molecule has 0 aliphatic rings. The topological polar surface area (TPSA) is 79.0 Å². The van der Waals surface area contributed by atoms with E-state index in [1.54, 1.807) is 34.4 Å². The predicted octanol–water partition coefficient (Wildman–Crippen LogP) is 5.12. The van der Waals surface area contributed by atoms with Gasteiger partial charge in [0, 0.05) is 22.5 Å². The zero-order valence-electron chi connectivity index (χ0n) is 16.4. The van der Waals surface area contributed by atoms with Crippen molar-refractivity contribution < 1.29 is 4.79 Å². The Labute approximate surface area is 186 Å². The van der Waals surface area contributed by atoms with Crippen molar-refractivity contribution in [2.24, 2.45) is 0 Å². The minimum atomic E-state index is -0.246. The lowest BCUT2D eigenvalue weighted by atomic mass is 10.2. The lowest BCUT2D eigenvalue weighted by Gasteiger charge is -2.21. The Bertz CT molecular complexity index is 1260. The van der Waals surface area contributed by atoms with Gasteiger partial charge in [-0.2, -0.15) is 11.3 Å². The van der Waals surface area contributed by atoms with Crippen molar-refractivity contribution in [3.8, 4) is 10.6 Å². The number of thiazole rings is 1. The molecule has 4 aromatic rings. The number of hydrogen-bond acceptors (Lipinski definition) is 6. The van der Waals surface area contributed by atoms with E-state index in [9.17, 15) is 9.59 Å². The molecule has 1 amide bonds. The molecular formula is C21H19ClN4O2S2. The second kappa shape index (κ2) is 8.67. The first-order chi connectivity index (χ1) is 14.5. The number of hydrogen-bond donors (Lipinski definition) is 1. The fourth-order valence-corrected chi connectivity index (χ4v) is 5.10. The van der Waals surface area contributed by atoms with Crippen molar-refractivity contribution in [3.05, 3.63) is 66.8 Å². The van der Waals surface area contributed by atoms with Gasteiger partial charge >= 0.3 is 0 Å². The van der Waals surface area contributed by atoms with Gasteiger partial charge in [-0.05, 0) is 43.0 Å². The summed E-state index contributed by atoms with van der Waals surface area (Å²) in [5.41, 5.74) is 1.99. The average Bonchev–Trinajstić information content (AvgIpc) is 3.36. The maximum absolute atomic E-state index is 13.3. The molecule has 154 valence electrons. The van der Waals surface area contributed by atoms with Crippen LogP contribution in [0.2, 0.25) is 5.02 Å². The molecule has 0 atom stereocenters. The zero-order valence-corrected chi connectivity index (χ0v) is 18.8. The summed E-state index contributed by atoms with van der Waals surface area (Å²) in [7, 11) is 0. The van der Waals surface area contributed by atoms with Gasteiger partial charge in [0.25, 0.3) is 11.5 Å². The quantitative estimate of drug-likeness (QED) is 0.434. The molecule has 0 bridgehead atoms. The standard InChI is InChI=1S/C21H19ClN4O2S2/c1-3-7-26(10-17-24-16-9-14(22)4-5-15(16)19(27)25-17)21(28)18-12(2)23-20(30-18)13-6-8-29-11-13/h4-6,8-9,11H,3,7,10H2,1-2H3,(H,24,25,27).